The van der Waals surface area contributed by atoms with Gasteiger partial charge >= 0.3 is 0 Å². The molecular formula is C23H18N4OS. The van der Waals surface area contributed by atoms with Gasteiger partial charge in [0, 0.05) is 18.1 Å². The summed E-state index contributed by atoms with van der Waals surface area (Å²) in [5, 5.41) is 1.77. The molecule has 0 aliphatic carbocycles. The number of anilines is 1. The molecule has 6 heteroatoms. The highest BCUT2D eigenvalue weighted by Gasteiger charge is 2.17. The molecule has 0 saturated heterocycles. The number of fused-ring (bicyclic) bond motifs is 5. The third kappa shape index (κ3) is 3.11. The molecule has 5 aromatic rings. The summed E-state index contributed by atoms with van der Waals surface area (Å²) in [4.78, 5) is 24.1. The minimum Gasteiger partial charge on any atom is -0.315 e. The van der Waals surface area contributed by atoms with Crippen LogP contribution >= 0.6 is 11.8 Å². The van der Waals surface area contributed by atoms with E-state index in [9.17, 15) is 4.79 Å². The minimum atomic E-state index is 0.0220. The highest BCUT2D eigenvalue weighted by molar-refractivity contribution is 7.99. The number of aromatic nitrogens is 3. The maximum atomic E-state index is 12.8. The van der Waals surface area contributed by atoms with Gasteiger partial charge < -0.3 is 4.90 Å². The number of thioether (sulfide) groups is 1. The normalized spacial score (nSPS) is 11.3. The first-order chi connectivity index (χ1) is 14.2. The number of carbonyl (C=O) groups is 1. The van der Waals surface area contributed by atoms with E-state index in [4.69, 9.17) is 9.97 Å². The molecule has 0 atom stereocenters. The zero-order valence-electron chi connectivity index (χ0n) is 15.8. The van der Waals surface area contributed by atoms with Gasteiger partial charge in [0.2, 0.25) is 5.91 Å². The Labute approximate surface area is 172 Å². The van der Waals surface area contributed by atoms with E-state index in [1.807, 2.05) is 78.9 Å². The Balaban J connectivity index is 1.56. The van der Waals surface area contributed by atoms with Crippen LogP contribution in [0.25, 0.3) is 27.6 Å². The number of rotatable bonds is 4. The van der Waals surface area contributed by atoms with E-state index in [0.717, 1.165) is 38.4 Å². The van der Waals surface area contributed by atoms with E-state index in [1.165, 1.54) is 11.8 Å². The van der Waals surface area contributed by atoms with Gasteiger partial charge in [-0.05, 0) is 36.4 Å². The van der Waals surface area contributed by atoms with Crippen LogP contribution in [-0.2, 0) is 4.79 Å². The smallest absolute Gasteiger partial charge is 0.237 e. The fourth-order valence-corrected chi connectivity index (χ4v) is 4.35. The zero-order valence-corrected chi connectivity index (χ0v) is 16.6. The van der Waals surface area contributed by atoms with E-state index in [-0.39, 0.29) is 5.91 Å². The number of hydrogen-bond acceptors (Lipinski definition) is 4. The van der Waals surface area contributed by atoms with Crippen molar-refractivity contribution in [3.63, 3.8) is 0 Å². The molecule has 2 aromatic heterocycles. The zero-order chi connectivity index (χ0) is 19.8. The lowest BCUT2D eigenvalue weighted by Crippen LogP contribution is -2.27. The molecule has 0 unspecified atom stereocenters. The van der Waals surface area contributed by atoms with Crippen molar-refractivity contribution >= 4 is 50.9 Å². The van der Waals surface area contributed by atoms with Crippen molar-refractivity contribution in [2.24, 2.45) is 0 Å². The molecule has 2 heterocycles. The van der Waals surface area contributed by atoms with E-state index in [0.29, 0.717) is 5.75 Å². The first kappa shape index (κ1) is 17.7. The lowest BCUT2D eigenvalue weighted by molar-refractivity contribution is -0.115. The largest absolute Gasteiger partial charge is 0.315 e. The number of imidazole rings is 1. The Hall–Kier alpha value is -3.38. The fourth-order valence-electron chi connectivity index (χ4n) is 3.43. The van der Waals surface area contributed by atoms with Crippen molar-refractivity contribution in [2.45, 2.75) is 5.16 Å². The van der Waals surface area contributed by atoms with E-state index < -0.39 is 0 Å². The molecule has 0 spiro atoms. The summed E-state index contributed by atoms with van der Waals surface area (Å²) in [5.41, 5.74) is 4.53. The van der Waals surface area contributed by atoms with Crippen molar-refractivity contribution in [1.29, 1.82) is 0 Å². The maximum absolute atomic E-state index is 12.8. The Morgan fingerprint density at radius 2 is 1.59 bits per heavy atom. The number of nitrogens with zero attached hydrogens (tertiary/aromatic N) is 4. The van der Waals surface area contributed by atoms with Crippen LogP contribution in [0.15, 0.2) is 84.0 Å². The van der Waals surface area contributed by atoms with Crippen molar-refractivity contribution in [3.05, 3.63) is 78.9 Å². The Morgan fingerprint density at radius 3 is 2.41 bits per heavy atom. The summed E-state index contributed by atoms with van der Waals surface area (Å²) in [7, 11) is 1.80. The number of amides is 1. The first-order valence-corrected chi connectivity index (χ1v) is 10.3. The lowest BCUT2D eigenvalue weighted by Gasteiger charge is -2.17. The van der Waals surface area contributed by atoms with Crippen LogP contribution < -0.4 is 4.90 Å². The van der Waals surface area contributed by atoms with Crippen LogP contribution in [0.3, 0.4) is 0 Å². The van der Waals surface area contributed by atoms with Gasteiger partial charge in [-0.25, -0.2) is 9.97 Å². The van der Waals surface area contributed by atoms with Gasteiger partial charge in [0.05, 0.1) is 22.3 Å². The van der Waals surface area contributed by atoms with Crippen LogP contribution in [0.1, 0.15) is 0 Å². The molecule has 1 amide bonds. The van der Waals surface area contributed by atoms with Crippen molar-refractivity contribution in [3.8, 4) is 0 Å². The highest BCUT2D eigenvalue weighted by atomic mass is 32.2. The van der Waals surface area contributed by atoms with E-state index in [1.54, 1.807) is 11.9 Å². The Morgan fingerprint density at radius 1 is 0.897 bits per heavy atom. The maximum Gasteiger partial charge on any atom is 0.237 e. The second-order valence-electron chi connectivity index (χ2n) is 6.75. The molecular weight excluding hydrogens is 380 g/mol. The number of para-hydroxylation sites is 4. The Kier molecular flexibility index (Phi) is 4.41. The molecule has 0 N–H and O–H groups in total. The average molecular weight is 398 g/mol. The van der Waals surface area contributed by atoms with Gasteiger partial charge in [0.25, 0.3) is 0 Å². The summed E-state index contributed by atoms with van der Waals surface area (Å²) in [6, 6.07) is 25.6. The van der Waals surface area contributed by atoms with Crippen LogP contribution in [-0.4, -0.2) is 33.1 Å². The standard InChI is InChI=1S/C23H18N4OS/c1-26(16-9-3-2-4-10-16)21(28)15-29-23-25-18-12-6-5-11-17(18)22-24-19-13-7-8-14-20(19)27(22)23/h2-14H,15H2,1H3. The third-order valence-electron chi connectivity index (χ3n) is 4.96. The first-order valence-electron chi connectivity index (χ1n) is 9.33. The summed E-state index contributed by atoms with van der Waals surface area (Å²) < 4.78 is 2.05. The molecule has 0 bridgehead atoms. The predicted molar refractivity (Wildman–Crippen MR) is 119 cm³/mol. The molecule has 142 valence electrons. The number of hydrogen-bond donors (Lipinski definition) is 0. The topological polar surface area (TPSA) is 50.5 Å². The summed E-state index contributed by atoms with van der Waals surface area (Å²) >= 11 is 1.44. The molecule has 5 rings (SSSR count). The van der Waals surface area contributed by atoms with Crippen LogP contribution in [0, 0.1) is 0 Å². The molecule has 3 aromatic carbocycles. The van der Waals surface area contributed by atoms with Gasteiger partial charge in [-0.2, -0.15) is 0 Å². The number of carbonyl (C=O) groups excluding carboxylic acids is 1. The lowest BCUT2D eigenvalue weighted by atomic mass is 10.2. The van der Waals surface area contributed by atoms with Gasteiger partial charge in [0.15, 0.2) is 5.16 Å². The van der Waals surface area contributed by atoms with Gasteiger partial charge in [-0.15, -0.1) is 0 Å². The van der Waals surface area contributed by atoms with Crippen LogP contribution in [0.4, 0.5) is 5.69 Å². The van der Waals surface area contributed by atoms with Crippen LogP contribution in [0.5, 0.6) is 0 Å². The summed E-state index contributed by atoms with van der Waals surface area (Å²) in [6.45, 7) is 0. The average Bonchev–Trinajstić information content (AvgIpc) is 3.17. The summed E-state index contributed by atoms with van der Waals surface area (Å²) in [6.07, 6.45) is 0. The van der Waals surface area contributed by atoms with Crippen molar-refractivity contribution < 1.29 is 4.79 Å². The monoisotopic (exact) mass is 398 g/mol. The van der Waals surface area contributed by atoms with Gasteiger partial charge in [-0.1, -0.05) is 54.2 Å². The minimum absolute atomic E-state index is 0.0220. The van der Waals surface area contributed by atoms with E-state index >= 15 is 0 Å². The Bertz CT molecular complexity index is 1350. The SMILES string of the molecule is CN(C(=O)CSc1nc2ccccc2c2nc3ccccc3n12)c1ccccc1. The fraction of sp³-hybridized carbons (Fsp3) is 0.0870. The van der Waals surface area contributed by atoms with Crippen molar-refractivity contribution in [1.82, 2.24) is 14.4 Å². The molecule has 0 fully saturated rings. The molecule has 0 saturated carbocycles. The second kappa shape index (κ2) is 7.22. The summed E-state index contributed by atoms with van der Waals surface area (Å²) in [5.74, 6) is 0.312. The van der Waals surface area contributed by atoms with Gasteiger partial charge in [-0.3, -0.25) is 9.20 Å². The second-order valence-corrected chi connectivity index (χ2v) is 7.69. The molecule has 0 aliphatic heterocycles. The third-order valence-corrected chi connectivity index (χ3v) is 5.88. The number of benzene rings is 3. The van der Waals surface area contributed by atoms with Crippen molar-refractivity contribution in [2.75, 3.05) is 17.7 Å². The van der Waals surface area contributed by atoms with E-state index in [2.05, 4.69) is 4.40 Å². The highest BCUT2D eigenvalue weighted by Crippen LogP contribution is 2.29. The quantitative estimate of drug-likeness (QED) is 0.323. The van der Waals surface area contributed by atoms with Gasteiger partial charge in [0.1, 0.15) is 5.65 Å². The molecule has 29 heavy (non-hydrogen) atoms. The predicted octanol–water partition coefficient (Wildman–Crippen LogP) is 4.79. The molecule has 5 nitrogen and oxygen atoms in total. The molecule has 0 aliphatic rings. The van der Waals surface area contributed by atoms with Crippen LogP contribution in [0.2, 0.25) is 0 Å². The molecule has 0 radical (unpaired) electrons.